The Labute approximate surface area is 417 Å². The van der Waals surface area contributed by atoms with Crippen molar-refractivity contribution < 1.29 is 66.8 Å². The quantitative estimate of drug-likeness (QED) is 0.0917. The summed E-state index contributed by atoms with van der Waals surface area (Å²) in [6.45, 7) is 9.04. The van der Waals surface area contributed by atoms with Crippen molar-refractivity contribution in [3.8, 4) is 0 Å². The first-order valence-corrected chi connectivity index (χ1v) is 23.6. The van der Waals surface area contributed by atoms with E-state index in [0.29, 0.717) is 37.4 Å². The highest BCUT2D eigenvalue weighted by atomic mass is 16.6. The Morgan fingerprint density at radius 1 is 0.556 bits per heavy atom. The summed E-state index contributed by atoms with van der Waals surface area (Å²) in [5.74, 6) is -7.81. The lowest BCUT2D eigenvalue weighted by Crippen LogP contribution is -2.48. The Morgan fingerprint density at radius 3 is 1.44 bits per heavy atom. The fraction of sp³-hybridized carbons (Fsp3) is 0.480. The molecule has 1 saturated heterocycles. The maximum absolute atomic E-state index is 13.8. The van der Waals surface area contributed by atoms with Gasteiger partial charge in [-0.15, -0.1) is 0 Å². The highest BCUT2D eigenvalue weighted by Crippen LogP contribution is 2.16. The topological polar surface area (TPSA) is 276 Å². The first-order chi connectivity index (χ1) is 34.4. The molecule has 1 fully saturated rings. The number of cyclic esters (lactones) is 4. The van der Waals surface area contributed by atoms with Gasteiger partial charge < -0.3 is 49.7 Å². The van der Waals surface area contributed by atoms with Gasteiger partial charge in [0.1, 0.15) is 25.7 Å². The van der Waals surface area contributed by atoms with Gasteiger partial charge >= 0.3 is 23.9 Å². The summed E-state index contributed by atoms with van der Waals surface area (Å²) < 4.78 is 36.3. The molecule has 72 heavy (non-hydrogen) atoms. The van der Waals surface area contributed by atoms with Gasteiger partial charge in [-0.25, -0.2) is 4.79 Å². The summed E-state index contributed by atoms with van der Waals surface area (Å²) in [5.41, 5.74) is 4.66. The predicted octanol–water partition coefficient (Wildman–Crippen LogP) is 1.61. The largest absolute Gasteiger partial charge is 0.454 e. The molecule has 2 aromatic heterocycles. The number of aromatic nitrogens is 4. The Hall–Kier alpha value is -7.46. The SMILES string of the molecule is CC(C)CC1NC(=O)COC(=O)CNC(=O)C(Cc2ccc(Cn3nccc3COC(C)C)cc2)OC(=O)CNC(=O)COC(=O)CNC(=O)C(Cc2ccc(Cn3nccc3COC(C)C)cc2)OC1=O. The number of carbonyl (C=O) groups is 8. The number of hydrogen-bond donors (Lipinski definition) is 4. The van der Waals surface area contributed by atoms with Crippen LogP contribution in [0.1, 0.15) is 81.6 Å². The zero-order valence-corrected chi connectivity index (χ0v) is 41.4. The molecular formula is C50H64N8O14. The zero-order chi connectivity index (χ0) is 52.2. The molecule has 2 aromatic carbocycles. The van der Waals surface area contributed by atoms with Crippen LogP contribution in [0.25, 0.3) is 0 Å². The molecule has 3 heterocycles. The number of rotatable bonds is 16. The molecule has 388 valence electrons. The molecule has 4 N–H and O–H groups in total. The number of nitrogens with one attached hydrogen (secondary N) is 4. The fourth-order valence-electron chi connectivity index (χ4n) is 6.97. The van der Waals surface area contributed by atoms with Gasteiger partial charge in [0.15, 0.2) is 25.4 Å². The molecule has 0 radical (unpaired) electrons. The van der Waals surface area contributed by atoms with Crippen molar-refractivity contribution in [3.05, 3.63) is 107 Å². The average Bonchev–Trinajstić information content (AvgIpc) is 3.99. The van der Waals surface area contributed by atoms with Crippen LogP contribution in [0.3, 0.4) is 0 Å². The Balaban J connectivity index is 1.26. The summed E-state index contributed by atoms with van der Waals surface area (Å²) in [6, 6.07) is 16.6. The van der Waals surface area contributed by atoms with Gasteiger partial charge in [-0.2, -0.15) is 10.2 Å². The molecule has 0 bridgehead atoms. The van der Waals surface area contributed by atoms with Crippen LogP contribution in [-0.4, -0.2) is 130 Å². The van der Waals surface area contributed by atoms with Gasteiger partial charge in [0.25, 0.3) is 23.6 Å². The van der Waals surface area contributed by atoms with Crippen LogP contribution >= 0.6 is 0 Å². The molecule has 1 aliphatic rings. The summed E-state index contributed by atoms with van der Waals surface area (Å²) in [7, 11) is 0. The molecule has 22 nitrogen and oxygen atoms in total. The number of ether oxygens (including phenoxy) is 6. The van der Waals surface area contributed by atoms with Gasteiger partial charge in [0, 0.05) is 25.2 Å². The Morgan fingerprint density at radius 2 is 0.986 bits per heavy atom. The van der Waals surface area contributed by atoms with Crippen molar-refractivity contribution in [1.29, 1.82) is 0 Å². The van der Waals surface area contributed by atoms with E-state index >= 15 is 0 Å². The Bertz CT molecular complexity index is 2470. The maximum atomic E-state index is 13.8. The van der Waals surface area contributed by atoms with Crippen LogP contribution < -0.4 is 21.3 Å². The van der Waals surface area contributed by atoms with Crippen LogP contribution in [0.15, 0.2) is 73.1 Å². The molecular weight excluding hydrogens is 937 g/mol. The molecule has 3 atom stereocenters. The van der Waals surface area contributed by atoms with Crippen molar-refractivity contribution in [2.24, 2.45) is 5.92 Å². The van der Waals surface area contributed by atoms with Crippen LogP contribution in [0.4, 0.5) is 0 Å². The van der Waals surface area contributed by atoms with Crippen molar-refractivity contribution in [1.82, 2.24) is 40.8 Å². The van der Waals surface area contributed by atoms with E-state index in [1.807, 2.05) is 64.1 Å². The lowest BCUT2D eigenvalue weighted by molar-refractivity contribution is -0.160. The molecule has 0 saturated carbocycles. The number of carbonyl (C=O) groups excluding carboxylic acids is 8. The van der Waals surface area contributed by atoms with E-state index in [2.05, 4.69) is 31.5 Å². The van der Waals surface area contributed by atoms with E-state index in [1.165, 1.54) is 0 Å². The minimum Gasteiger partial charge on any atom is -0.454 e. The second-order valence-electron chi connectivity index (χ2n) is 17.9. The van der Waals surface area contributed by atoms with Gasteiger partial charge in [-0.3, -0.25) is 42.9 Å². The number of hydrogen-bond acceptors (Lipinski definition) is 16. The smallest absolute Gasteiger partial charge is 0.329 e. The monoisotopic (exact) mass is 1000 g/mol. The standard InChI is InChI=1S/C50H64N8O14/c1-31(2)19-40-50(66)72-42(21-35-9-13-37(14-10-35)26-58-39(16-18-55-58)28-68-33(5)6)49(65)53-22-45(61)69-29-43(59)51-24-47(63)71-41(48(64)52-23-46(62)70-30-44(60)56-40)20-34-7-11-36(12-8-34)25-57-38(15-17-54-57)27-67-32(3)4/h7-18,31-33,40-42H,19-30H2,1-6H3,(H,51,59)(H,52,64)(H,53,65)(H,56,60). The van der Waals surface area contributed by atoms with Crippen molar-refractivity contribution >= 4 is 47.5 Å². The number of amides is 4. The minimum atomic E-state index is -1.52. The van der Waals surface area contributed by atoms with E-state index in [0.717, 1.165) is 22.5 Å². The highest BCUT2D eigenvalue weighted by molar-refractivity contribution is 5.91. The first-order valence-electron chi connectivity index (χ1n) is 23.6. The molecule has 3 unspecified atom stereocenters. The molecule has 5 rings (SSSR count). The van der Waals surface area contributed by atoms with Gasteiger partial charge in [0.2, 0.25) is 0 Å². The van der Waals surface area contributed by atoms with E-state index in [9.17, 15) is 38.4 Å². The van der Waals surface area contributed by atoms with Gasteiger partial charge in [-0.05, 0) is 74.4 Å². The third-order valence-corrected chi connectivity index (χ3v) is 10.7. The fourth-order valence-corrected chi connectivity index (χ4v) is 6.97. The summed E-state index contributed by atoms with van der Waals surface area (Å²) in [5, 5.41) is 18.2. The van der Waals surface area contributed by atoms with Crippen LogP contribution in [0, 0.1) is 5.92 Å². The maximum Gasteiger partial charge on any atom is 0.329 e. The minimum absolute atomic E-state index is 0.0341. The molecule has 1 aliphatic heterocycles. The average molecular weight is 1000 g/mol. The Kier molecular flexibility index (Phi) is 21.4. The van der Waals surface area contributed by atoms with E-state index in [-0.39, 0.29) is 37.4 Å². The summed E-state index contributed by atoms with van der Waals surface area (Å²) >= 11 is 0. The zero-order valence-electron chi connectivity index (χ0n) is 41.4. The normalized spacial score (nSPS) is 18.6. The summed E-state index contributed by atoms with van der Waals surface area (Å²) in [4.78, 5) is 105. The van der Waals surface area contributed by atoms with Crippen LogP contribution in [-0.2, 0) is 106 Å². The summed E-state index contributed by atoms with van der Waals surface area (Å²) in [6.07, 6.45) is 0.167. The van der Waals surface area contributed by atoms with Crippen LogP contribution in [0.5, 0.6) is 0 Å². The molecule has 4 aromatic rings. The second kappa shape index (κ2) is 27.8. The number of nitrogens with zero attached hydrogens (tertiary/aromatic N) is 4. The third-order valence-electron chi connectivity index (χ3n) is 10.7. The van der Waals surface area contributed by atoms with Gasteiger partial charge in [-0.1, -0.05) is 62.4 Å². The lowest BCUT2D eigenvalue weighted by atomic mass is 10.0. The molecule has 0 spiro atoms. The van der Waals surface area contributed by atoms with E-state index < -0.39 is 98.6 Å². The van der Waals surface area contributed by atoms with Crippen molar-refractivity contribution in [3.63, 3.8) is 0 Å². The molecule has 22 heteroatoms. The van der Waals surface area contributed by atoms with Crippen molar-refractivity contribution in [2.45, 2.75) is 118 Å². The second-order valence-corrected chi connectivity index (χ2v) is 17.9. The lowest BCUT2D eigenvalue weighted by Gasteiger charge is -2.23. The first kappa shape index (κ1) is 55.5. The predicted molar refractivity (Wildman–Crippen MR) is 255 cm³/mol. The van der Waals surface area contributed by atoms with Crippen LogP contribution in [0.2, 0.25) is 0 Å². The van der Waals surface area contributed by atoms with Gasteiger partial charge in [0.05, 0.1) is 49.9 Å². The molecule has 4 amide bonds. The van der Waals surface area contributed by atoms with E-state index in [4.69, 9.17) is 28.4 Å². The van der Waals surface area contributed by atoms with Crippen molar-refractivity contribution in [2.75, 3.05) is 32.8 Å². The third kappa shape index (κ3) is 19.0. The molecule has 0 aliphatic carbocycles. The highest BCUT2D eigenvalue weighted by Gasteiger charge is 2.31. The number of esters is 4. The van der Waals surface area contributed by atoms with E-state index in [1.54, 1.807) is 59.9 Å². The number of benzene rings is 2.